The quantitative estimate of drug-likeness (QED) is 0.309. The van der Waals surface area contributed by atoms with Crippen LogP contribution in [0.1, 0.15) is 36.8 Å². The minimum absolute atomic E-state index is 0.0133. The second kappa shape index (κ2) is 11.6. The molecule has 0 spiro atoms. The molecule has 4 rings (SSSR count). The Hall–Kier alpha value is -2.66. The third-order valence-corrected chi connectivity index (χ3v) is 6.31. The molecule has 3 aromatic rings. The van der Waals surface area contributed by atoms with Crippen LogP contribution in [0, 0.1) is 0 Å². The Labute approximate surface area is 216 Å². The van der Waals surface area contributed by atoms with Gasteiger partial charge in [0.25, 0.3) is 5.92 Å². The van der Waals surface area contributed by atoms with E-state index in [1.165, 1.54) is 18.2 Å². The Balaban J connectivity index is 0.000000223. The lowest BCUT2D eigenvalue weighted by atomic mass is 9.89. The van der Waals surface area contributed by atoms with Crippen LogP contribution in [0.4, 0.5) is 18.9 Å². The molecule has 3 heterocycles. The van der Waals surface area contributed by atoms with Crippen molar-refractivity contribution in [2.24, 2.45) is 10.7 Å². The standard InChI is InChI=1S/C15H17ClFN3O2.C9H9ClF2N2/c1-20-4-2-15(17,3-5-20)14-12(16)6-10(8-18-14)13-7-11(9-21)22-19-13;1-9(11,12)7-3-2-6(14-5-13)4-8(7)10/h6-8,21H,2-5,9H2,1H3;2-5H,1H3,(H2,13,14). The molecule has 12 heteroatoms. The summed E-state index contributed by atoms with van der Waals surface area (Å²) in [6.45, 7) is 1.92. The van der Waals surface area contributed by atoms with Gasteiger partial charge < -0.3 is 20.3 Å². The highest BCUT2D eigenvalue weighted by molar-refractivity contribution is 6.32. The van der Waals surface area contributed by atoms with Gasteiger partial charge in [0.15, 0.2) is 11.4 Å². The molecule has 7 nitrogen and oxygen atoms in total. The number of benzene rings is 1. The molecule has 0 amide bonds. The highest BCUT2D eigenvalue weighted by atomic mass is 35.5. The predicted octanol–water partition coefficient (Wildman–Crippen LogP) is 5.84. The van der Waals surface area contributed by atoms with Gasteiger partial charge in [-0.05, 0) is 44.2 Å². The number of rotatable bonds is 5. The minimum atomic E-state index is -2.94. The number of nitrogens with zero attached hydrogens (tertiary/aromatic N) is 4. The van der Waals surface area contributed by atoms with Crippen LogP contribution in [0.25, 0.3) is 11.3 Å². The number of alkyl halides is 3. The van der Waals surface area contributed by atoms with E-state index in [0.29, 0.717) is 48.6 Å². The fourth-order valence-corrected chi connectivity index (χ4v) is 4.34. The monoisotopic (exact) mass is 543 g/mol. The average Bonchev–Trinajstić information content (AvgIpc) is 3.30. The highest BCUT2D eigenvalue weighted by Gasteiger charge is 2.38. The van der Waals surface area contributed by atoms with Crippen molar-refractivity contribution >= 4 is 35.2 Å². The van der Waals surface area contributed by atoms with Crippen molar-refractivity contribution in [3.63, 3.8) is 0 Å². The molecule has 1 aliphatic heterocycles. The molecular weight excluding hydrogens is 518 g/mol. The Bertz CT molecular complexity index is 1210. The van der Waals surface area contributed by atoms with Gasteiger partial charge in [0.1, 0.15) is 12.3 Å². The summed E-state index contributed by atoms with van der Waals surface area (Å²) in [6, 6.07) is 7.26. The van der Waals surface area contributed by atoms with E-state index in [1.807, 2.05) is 7.05 Å². The fourth-order valence-electron chi connectivity index (χ4n) is 3.67. The maximum atomic E-state index is 15.1. The summed E-state index contributed by atoms with van der Waals surface area (Å²) in [7, 11) is 1.97. The van der Waals surface area contributed by atoms with Crippen molar-refractivity contribution in [2.45, 2.75) is 38.0 Å². The zero-order valence-corrected chi connectivity index (χ0v) is 21.2. The van der Waals surface area contributed by atoms with E-state index in [9.17, 15) is 8.78 Å². The van der Waals surface area contributed by atoms with Crippen LogP contribution in [0.15, 0.2) is 46.0 Å². The van der Waals surface area contributed by atoms with E-state index >= 15 is 4.39 Å². The molecule has 0 saturated carbocycles. The van der Waals surface area contributed by atoms with Gasteiger partial charge in [-0.15, -0.1) is 0 Å². The van der Waals surface area contributed by atoms with Crippen molar-refractivity contribution in [3.05, 3.63) is 63.6 Å². The molecule has 1 saturated heterocycles. The van der Waals surface area contributed by atoms with Gasteiger partial charge in [0, 0.05) is 43.4 Å². The fraction of sp³-hybridized carbons (Fsp3) is 0.375. The number of hydrogen-bond donors (Lipinski definition) is 2. The number of likely N-dealkylation sites (tertiary alicyclic amines) is 1. The Morgan fingerprint density at radius 3 is 2.44 bits per heavy atom. The number of halogens is 5. The molecule has 1 fully saturated rings. The molecule has 2 aromatic heterocycles. The van der Waals surface area contributed by atoms with Crippen molar-refractivity contribution in [2.75, 3.05) is 20.1 Å². The summed E-state index contributed by atoms with van der Waals surface area (Å²) in [5.74, 6) is -2.59. The summed E-state index contributed by atoms with van der Waals surface area (Å²) in [5.41, 5.74) is 5.24. The van der Waals surface area contributed by atoms with Gasteiger partial charge in [0.05, 0.1) is 27.8 Å². The van der Waals surface area contributed by atoms with E-state index in [0.717, 1.165) is 13.3 Å². The van der Waals surface area contributed by atoms with Crippen LogP contribution in [-0.2, 0) is 18.2 Å². The van der Waals surface area contributed by atoms with Crippen LogP contribution in [0.2, 0.25) is 10.0 Å². The Kier molecular flexibility index (Phi) is 8.99. The maximum Gasteiger partial charge on any atom is 0.271 e. The summed E-state index contributed by atoms with van der Waals surface area (Å²) >= 11 is 11.9. The van der Waals surface area contributed by atoms with Crippen molar-refractivity contribution in [3.8, 4) is 11.3 Å². The van der Waals surface area contributed by atoms with Crippen LogP contribution >= 0.6 is 23.2 Å². The molecule has 3 N–H and O–H groups in total. The number of aromatic nitrogens is 2. The van der Waals surface area contributed by atoms with E-state index in [-0.39, 0.29) is 27.9 Å². The molecule has 194 valence electrons. The Morgan fingerprint density at radius 2 is 1.92 bits per heavy atom. The molecule has 0 radical (unpaired) electrons. The maximum absolute atomic E-state index is 15.1. The summed E-state index contributed by atoms with van der Waals surface area (Å²) < 4.78 is 45.8. The van der Waals surface area contributed by atoms with Gasteiger partial charge in [0.2, 0.25) is 0 Å². The van der Waals surface area contributed by atoms with Gasteiger partial charge in [-0.25, -0.2) is 18.2 Å². The highest BCUT2D eigenvalue weighted by Crippen LogP contribution is 2.40. The molecule has 1 aliphatic rings. The topological polar surface area (TPSA) is 101 Å². The second-order valence-electron chi connectivity index (χ2n) is 8.49. The smallest absolute Gasteiger partial charge is 0.271 e. The number of hydrogen-bond acceptors (Lipinski definition) is 6. The van der Waals surface area contributed by atoms with Crippen molar-refractivity contribution in [1.82, 2.24) is 15.0 Å². The van der Waals surface area contributed by atoms with Crippen LogP contribution < -0.4 is 5.73 Å². The molecule has 1 aromatic carbocycles. The van der Waals surface area contributed by atoms with Gasteiger partial charge >= 0.3 is 0 Å². The lowest BCUT2D eigenvalue weighted by Crippen LogP contribution is -2.38. The van der Waals surface area contributed by atoms with Gasteiger partial charge in [-0.1, -0.05) is 28.4 Å². The lowest BCUT2D eigenvalue weighted by Gasteiger charge is -2.34. The minimum Gasteiger partial charge on any atom is -0.390 e. The first kappa shape index (κ1) is 27.9. The van der Waals surface area contributed by atoms with E-state index < -0.39 is 11.6 Å². The summed E-state index contributed by atoms with van der Waals surface area (Å²) in [6.07, 6.45) is 3.39. The Morgan fingerprint density at radius 1 is 1.22 bits per heavy atom. The van der Waals surface area contributed by atoms with E-state index in [4.69, 9.17) is 38.6 Å². The molecular formula is C24H26Cl2F3N5O2. The molecule has 36 heavy (non-hydrogen) atoms. The van der Waals surface area contributed by atoms with Crippen LogP contribution in [-0.4, -0.2) is 46.6 Å². The van der Waals surface area contributed by atoms with Crippen molar-refractivity contribution in [1.29, 1.82) is 0 Å². The first-order valence-corrected chi connectivity index (χ1v) is 11.7. The summed E-state index contributed by atoms with van der Waals surface area (Å²) in [4.78, 5) is 10.0. The van der Waals surface area contributed by atoms with Crippen molar-refractivity contribution < 1.29 is 22.8 Å². The molecule has 0 atom stereocenters. The second-order valence-corrected chi connectivity index (χ2v) is 9.30. The van der Waals surface area contributed by atoms with Crippen LogP contribution in [0.5, 0.6) is 0 Å². The summed E-state index contributed by atoms with van der Waals surface area (Å²) in [5, 5.41) is 13.1. The van der Waals surface area contributed by atoms with Gasteiger partial charge in [-0.3, -0.25) is 4.98 Å². The van der Waals surface area contributed by atoms with E-state index in [1.54, 1.807) is 18.3 Å². The number of aliphatic hydroxyl groups is 1. The molecule has 0 bridgehead atoms. The third kappa shape index (κ3) is 6.76. The first-order valence-electron chi connectivity index (χ1n) is 11.0. The largest absolute Gasteiger partial charge is 0.390 e. The van der Waals surface area contributed by atoms with Gasteiger partial charge in [-0.2, -0.15) is 0 Å². The first-order chi connectivity index (χ1) is 17.0. The third-order valence-electron chi connectivity index (χ3n) is 5.70. The number of aliphatic hydroxyl groups excluding tert-OH is 1. The SMILES string of the molecule is CC(F)(F)c1ccc(N=CN)cc1Cl.CN1CCC(F)(c2ncc(-c3cc(CO)on3)cc2Cl)CC1. The molecule has 0 aliphatic carbocycles. The number of piperidine rings is 1. The number of nitrogens with two attached hydrogens (primary N) is 1. The number of aliphatic imine (C=N–C) groups is 1. The number of pyridine rings is 1. The average molecular weight is 544 g/mol. The lowest BCUT2D eigenvalue weighted by molar-refractivity contribution is 0.0176. The van der Waals surface area contributed by atoms with E-state index in [2.05, 4.69) is 20.0 Å². The molecule has 0 unspecified atom stereocenters. The zero-order chi connectivity index (χ0) is 26.5. The zero-order valence-electron chi connectivity index (χ0n) is 19.7. The normalized spacial score (nSPS) is 16.1. The van der Waals surface area contributed by atoms with Crippen LogP contribution in [0.3, 0.4) is 0 Å². The predicted molar refractivity (Wildman–Crippen MR) is 134 cm³/mol.